The van der Waals surface area contributed by atoms with Gasteiger partial charge in [-0.25, -0.2) is 13.2 Å². The third-order valence-corrected chi connectivity index (χ3v) is 4.61. The molecule has 0 atom stereocenters. The molecule has 1 rings (SSSR count). The molecule has 1 N–H and O–H groups in total. The minimum Gasteiger partial charge on any atom is -0.478 e. The molecule has 6 heteroatoms. The van der Waals surface area contributed by atoms with Gasteiger partial charge in [0.05, 0.1) is 10.5 Å². The highest BCUT2D eigenvalue weighted by atomic mass is 32.2. The van der Waals surface area contributed by atoms with E-state index in [1.165, 1.54) is 31.3 Å². The standard InChI is InChI=1S/C13H17NO4S/c1-4-8-14(3)19(17,18)11-7-6-10(5-2)12(9-11)13(15)16/h4,6-7,9H,1,5,8H2,2-3H3,(H,15,16). The first-order chi connectivity index (χ1) is 8.84. The Morgan fingerprint density at radius 3 is 2.58 bits per heavy atom. The third-order valence-electron chi connectivity index (χ3n) is 2.79. The molecule has 0 aliphatic rings. The van der Waals surface area contributed by atoms with Crippen molar-refractivity contribution in [1.82, 2.24) is 4.31 Å². The summed E-state index contributed by atoms with van der Waals surface area (Å²) in [6.07, 6.45) is 2.00. The van der Waals surface area contributed by atoms with Crippen LogP contribution in [0.1, 0.15) is 22.8 Å². The Balaban J connectivity index is 3.33. The molecule has 0 aromatic heterocycles. The van der Waals surface area contributed by atoms with Crippen LogP contribution in [0.2, 0.25) is 0 Å². The van der Waals surface area contributed by atoms with E-state index in [4.69, 9.17) is 5.11 Å². The zero-order valence-corrected chi connectivity index (χ0v) is 11.8. The minimum atomic E-state index is -3.68. The highest BCUT2D eigenvalue weighted by Crippen LogP contribution is 2.19. The lowest BCUT2D eigenvalue weighted by molar-refractivity contribution is 0.0695. The van der Waals surface area contributed by atoms with Gasteiger partial charge in [0.1, 0.15) is 0 Å². The van der Waals surface area contributed by atoms with Gasteiger partial charge in [-0.3, -0.25) is 0 Å². The maximum Gasteiger partial charge on any atom is 0.336 e. The number of carboxylic acid groups (broad SMARTS) is 1. The summed E-state index contributed by atoms with van der Waals surface area (Å²) in [6.45, 7) is 5.47. The molecule has 0 radical (unpaired) electrons. The number of likely N-dealkylation sites (N-methyl/N-ethyl adjacent to an activating group) is 1. The lowest BCUT2D eigenvalue weighted by Crippen LogP contribution is -2.27. The number of aryl methyl sites for hydroxylation is 1. The molecule has 0 aliphatic heterocycles. The fourth-order valence-electron chi connectivity index (χ4n) is 1.68. The number of aromatic carboxylic acids is 1. The van der Waals surface area contributed by atoms with E-state index < -0.39 is 16.0 Å². The quantitative estimate of drug-likeness (QED) is 0.807. The molecule has 0 aliphatic carbocycles. The monoisotopic (exact) mass is 283 g/mol. The van der Waals surface area contributed by atoms with Crippen LogP contribution in [0.4, 0.5) is 0 Å². The SMILES string of the molecule is C=CCN(C)S(=O)(=O)c1ccc(CC)c(C(=O)O)c1. The number of sulfonamides is 1. The van der Waals surface area contributed by atoms with Crippen molar-refractivity contribution in [3.05, 3.63) is 42.0 Å². The van der Waals surface area contributed by atoms with E-state index in [0.29, 0.717) is 12.0 Å². The minimum absolute atomic E-state index is 0.0218. The van der Waals surface area contributed by atoms with Gasteiger partial charge in [0.2, 0.25) is 10.0 Å². The summed E-state index contributed by atoms with van der Waals surface area (Å²) < 4.78 is 25.5. The zero-order valence-electron chi connectivity index (χ0n) is 11.0. The zero-order chi connectivity index (χ0) is 14.6. The number of nitrogens with zero attached hydrogens (tertiary/aromatic N) is 1. The Morgan fingerprint density at radius 1 is 1.47 bits per heavy atom. The lowest BCUT2D eigenvalue weighted by Gasteiger charge is -2.16. The highest BCUT2D eigenvalue weighted by molar-refractivity contribution is 7.89. The van der Waals surface area contributed by atoms with Crippen molar-refractivity contribution in [2.45, 2.75) is 18.2 Å². The second kappa shape index (κ2) is 5.99. The smallest absolute Gasteiger partial charge is 0.336 e. The number of carbonyl (C=O) groups is 1. The Kier molecular flexibility index (Phi) is 4.85. The van der Waals surface area contributed by atoms with Gasteiger partial charge < -0.3 is 5.11 Å². The normalized spacial score (nSPS) is 11.5. The summed E-state index contributed by atoms with van der Waals surface area (Å²) in [5, 5.41) is 9.10. The van der Waals surface area contributed by atoms with Crippen LogP contribution in [0.5, 0.6) is 0 Å². The average molecular weight is 283 g/mol. The van der Waals surface area contributed by atoms with Gasteiger partial charge in [-0.1, -0.05) is 19.1 Å². The Labute approximate surface area is 113 Å². The average Bonchev–Trinajstić information content (AvgIpc) is 2.38. The van der Waals surface area contributed by atoms with Gasteiger partial charge in [0, 0.05) is 13.6 Å². The largest absolute Gasteiger partial charge is 0.478 e. The molecule has 5 nitrogen and oxygen atoms in total. The molecule has 1 aromatic carbocycles. The van der Waals surface area contributed by atoms with E-state index in [9.17, 15) is 13.2 Å². The summed E-state index contributed by atoms with van der Waals surface area (Å²) in [7, 11) is -2.26. The summed E-state index contributed by atoms with van der Waals surface area (Å²) in [4.78, 5) is 11.1. The molecular formula is C13H17NO4S. The maximum absolute atomic E-state index is 12.2. The number of hydrogen-bond donors (Lipinski definition) is 1. The van der Waals surface area contributed by atoms with Crippen molar-refractivity contribution < 1.29 is 18.3 Å². The van der Waals surface area contributed by atoms with E-state index in [1.807, 2.05) is 6.92 Å². The van der Waals surface area contributed by atoms with E-state index in [-0.39, 0.29) is 17.0 Å². The van der Waals surface area contributed by atoms with E-state index >= 15 is 0 Å². The van der Waals surface area contributed by atoms with Crippen LogP contribution in [0, 0.1) is 0 Å². The summed E-state index contributed by atoms with van der Waals surface area (Å²) in [5.74, 6) is -1.12. The highest BCUT2D eigenvalue weighted by Gasteiger charge is 2.22. The van der Waals surface area contributed by atoms with Crippen molar-refractivity contribution in [3.63, 3.8) is 0 Å². The molecule has 0 bridgehead atoms. The van der Waals surface area contributed by atoms with Crippen LogP contribution >= 0.6 is 0 Å². The fourth-order valence-corrected chi connectivity index (χ4v) is 2.85. The van der Waals surface area contributed by atoms with Crippen LogP contribution in [0.25, 0.3) is 0 Å². The third kappa shape index (κ3) is 3.21. The Morgan fingerprint density at radius 2 is 2.11 bits per heavy atom. The van der Waals surface area contributed by atoms with Crippen molar-refractivity contribution in [1.29, 1.82) is 0 Å². The molecule has 0 heterocycles. The van der Waals surface area contributed by atoms with Gasteiger partial charge >= 0.3 is 5.97 Å². The molecule has 0 spiro atoms. The second-order valence-electron chi connectivity index (χ2n) is 4.05. The van der Waals surface area contributed by atoms with Gasteiger partial charge in [0.25, 0.3) is 0 Å². The first-order valence-corrected chi connectivity index (χ1v) is 7.22. The molecule has 1 aromatic rings. The molecule has 0 fully saturated rings. The van der Waals surface area contributed by atoms with E-state index in [2.05, 4.69) is 6.58 Å². The predicted octanol–water partition coefficient (Wildman–Crippen LogP) is 1.75. The van der Waals surface area contributed by atoms with Crippen LogP contribution in [-0.4, -0.2) is 37.4 Å². The fraction of sp³-hybridized carbons (Fsp3) is 0.308. The number of carboxylic acids is 1. The van der Waals surface area contributed by atoms with Crippen molar-refractivity contribution >= 4 is 16.0 Å². The van der Waals surface area contributed by atoms with Crippen LogP contribution in [-0.2, 0) is 16.4 Å². The topological polar surface area (TPSA) is 74.7 Å². The predicted molar refractivity (Wildman–Crippen MR) is 72.8 cm³/mol. The second-order valence-corrected chi connectivity index (χ2v) is 6.10. The Bertz CT molecular complexity index is 593. The van der Waals surface area contributed by atoms with Crippen LogP contribution in [0.15, 0.2) is 35.7 Å². The van der Waals surface area contributed by atoms with Gasteiger partial charge in [-0.15, -0.1) is 6.58 Å². The first-order valence-electron chi connectivity index (χ1n) is 5.78. The van der Waals surface area contributed by atoms with Crippen molar-refractivity contribution in [3.8, 4) is 0 Å². The molecule has 104 valence electrons. The molecule has 0 amide bonds. The molecule has 0 saturated carbocycles. The summed E-state index contributed by atoms with van der Waals surface area (Å²) >= 11 is 0. The van der Waals surface area contributed by atoms with Crippen molar-refractivity contribution in [2.24, 2.45) is 0 Å². The van der Waals surface area contributed by atoms with Gasteiger partial charge in [-0.2, -0.15) is 4.31 Å². The van der Waals surface area contributed by atoms with Crippen LogP contribution < -0.4 is 0 Å². The van der Waals surface area contributed by atoms with Gasteiger partial charge in [0.15, 0.2) is 0 Å². The molecule has 19 heavy (non-hydrogen) atoms. The summed E-state index contributed by atoms with van der Waals surface area (Å²) in [6, 6.07) is 4.17. The van der Waals surface area contributed by atoms with Gasteiger partial charge in [-0.05, 0) is 24.1 Å². The first kappa shape index (κ1) is 15.4. The number of hydrogen-bond acceptors (Lipinski definition) is 3. The molecule has 0 unspecified atom stereocenters. The Hall–Kier alpha value is -1.66. The number of benzene rings is 1. The van der Waals surface area contributed by atoms with E-state index in [0.717, 1.165) is 4.31 Å². The lowest BCUT2D eigenvalue weighted by atomic mass is 10.1. The number of rotatable bonds is 6. The molecule has 0 saturated heterocycles. The molecular weight excluding hydrogens is 266 g/mol. The van der Waals surface area contributed by atoms with Crippen LogP contribution in [0.3, 0.4) is 0 Å². The summed E-state index contributed by atoms with van der Waals surface area (Å²) in [5.41, 5.74) is 0.633. The van der Waals surface area contributed by atoms with E-state index in [1.54, 1.807) is 0 Å². The van der Waals surface area contributed by atoms with Crippen molar-refractivity contribution in [2.75, 3.05) is 13.6 Å². The maximum atomic E-state index is 12.2.